The highest BCUT2D eigenvalue weighted by Crippen LogP contribution is 2.37. The number of hydrogen-bond acceptors (Lipinski definition) is 7. The second kappa shape index (κ2) is 11.1. The van der Waals surface area contributed by atoms with E-state index in [2.05, 4.69) is 16.8 Å². The SMILES string of the molecule is COc1cc(N2CCC(Oc3ccc(N4C[C@H](OC)[C@@H](C)[C@@H]4CC(=O)O)c(F)c3)C(C)C2)c(Cl)cn1. The Morgan fingerprint density at radius 3 is 2.61 bits per heavy atom. The standard InChI is InChI=1S/C26H33ClFN3O5/c1-15-13-30(22-10-25(35-4)29-12-18(22)27)8-7-23(15)36-17-5-6-20(19(28)9-17)31-14-24(34-3)16(2)21(31)11-26(32)33/h5-6,9-10,12,15-16,21,23-24H,7-8,11,13-14H2,1-4H3,(H,32,33)/t15?,16-,21-,23?,24-/m0/s1. The van der Waals surface area contributed by atoms with E-state index in [9.17, 15) is 9.90 Å². The van der Waals surface area contributed by atoms with Crippen molar-refractivity contribution in [3.63, 3.8) is 0 Å². The maximum absolute atomic E-state index is 15.3. The van der Waals surface area contributed by atoms with Crippen molar-refractivity contribution in [2.45, 2.75) is 44.9 Å². The highest BCUT2D eigenvalue weighted by Gasteiger charge is 2.41. The number of benzene rings is 1. The number of carboxylic acid groups (broad SMARTS) is 1. The van der Waals surface area contributed by atoms with Crippen molar-refractivity contribution < 1.29 is 28.5 Å². The zero-order valence-corrected chi connectivity index (χ0v) is 21.7. The summed E-state index contributed by atoms with van der Waals surface area (Å²) in [6, 6.07) is 6.30. The number of pyridine rings is 1. The van der Waals surface area contributed by atoms with Crippen molar-refractivity contribution in [2.24, 2.45) is 11.8 Å². The minimum absolute atomic E-state index is 0.0404. The lowest BCUT2D eigenvalue weighted by Crippen LogP contribution is -2.44. The smallest absolute Gasteiger partial charge is 0.305 e. The van der Waals surface area contributed by atoms with Crippen molar-refractivity contribution in [3.8, 4) is 11.6 Å². The first-order valence-electron chi connectivity index (χ1n) is 12.1. The fourth-order valence-corrected chi connectivity index (χ4v) is 5.54. The monoisotopic (exact) mass is 521 g/mol. The number of anilines is 2. The van der Waals surface area contributed by atoms with Crippen LogP contribution in [0.15, 0.2) is 30.5 Å². The summed E-state index contributed by atoms with van der Waals surface area (Å²) in [6.45, 7) is 5.92. The van der Waals surface area contributed by atoms with E-state index < -0.39 is 11.8 Å². The summed E-state index contributed by atoms with van der Waals surface area (Å²) in [4.78, 5) is 19.6. The molecule has 0 spiro atoms. The second-order valence-corrected chi connectivity index (χ2v) is 10.0. The Hall–Kier alpha value is -2.78. The number of nitrogens with zero attached hydrogens (tertiary/aromatic N) is 3. The van der Waals surface area contributed by atoms with Gasteiger partial charge >= 0.3 is 5.97 Å². The van der Waals surface area contributed by atoms with Gasteiger partial charge in [0.2, 0.25) is 5.88 Å². The van der Waals surface area contributed by atoms with E-state index in [4.69, 9.17) is 25.8 Å². The van der Waals surface area contributed by atoms with E-state index in [0.29, 0.717) is 28.9 Å². The van der Waals surface area contributed by atoms with E-state index >= 15 is 4.39 Å². The van der Waals surface area contributed by atoms with E-state index in [-0.39, 0.29) is 36.5 Å². The predicted octanol–water partition coefficient (Wildman–Crippen LogP) is 4.49. The van der Waals surface area contributed by atoms with Gasteiger partial charge in [0.15, 0.2) is 0 Å². The predicted molar refractivity (Wildman–Crippen MR) is 136 cm³/mol. The van der Waals surface area contributed by atoms with Crippen LogP contribution >= 0.6 is 11.6 Å². The van der Waals surface area contributed by atoms with Gasteiger partial charge in [0, 0.05) is 63.2 Å². The van der Waals surface area contributed by atoms with Crippen LogP contribution in [0.4, 0.5) is 15.8 Å². The van der Waals surface area contributed by atoms with Crippen molar-refractivity contribution in [2.75, 3.05) is 43.7 Å². The van der Waals surface area contributed by atoms with Gasteiger partial charge in [-0.3, -0.25) is 4.79 Å². The molecule has 2 unspecified atom stereocenters. The van der Waals surface area contributed by atoms with Gasteiger partial charge in [-0.15, -0.1) is 0 Å². The summed E-state index contributed by atoms with van der Waals surface area (Å²) >= 11 is 6.37. The third kappa shape index (κ3) is 5.47. The molecule has 1 N–H and O–H groups in total. The number of carbonyl (C=O) groups is 1. The van der Waals surface area contributed by atoms with Crippen LogP contribution in [0.1, 0.15) is 26.7 Å². The van der Waals surface area contributed by atoms with E-state index in [1.54, 1.807) is 37.4 Å². The summed E-state index contributed by atoms with van der Waals surface area (Å²) < 4.78 is 32.2. The number of carboxylic acids is 1. The normalized spacial score (nSPS) is 26.2. The van der Waals surface area contributed by atoms with Crippen LogP contribution in [0.5, 0.6) is 11.6 Å². The maximum atomic E-state index is 15.3. The van der Waals surface area contributed by atoms with E-state index in [1.807, 2.05) is 13.0 Å². The molecule has 0 radical (unpaired) electrons. The number of ether oxygens (including phenoxy) is 3. The summed E-state index contributed by atoms with van der Waals surface area (Å²) in [6.07, 6.45) is 2.00. The molecule has 2 saturated heterocycles. The summed E-state index contributed by atoms with van der Waals surface area (Å²) in [7, 11) is 3.17. The van der Waals surface area contributed by atoms with Crippen molar-refractivity contribution in [3.05, 3.63) is 41.3 Å². The quantitative estimate of drug-likeness (QED) is 0.544. The van der Waals surface area contributed by atoms with Gasteiger partial charge in [0.25, 0.3) is 0 Å². The van der Waals surface area contributed by atoms with Crippen molar-refractivity contribution in [1.29, 1.82) is 0 Å². The maximum Gasteiger partial charge on any atom is 0.305 e. The topological polar surface area (TPSA) is 84.4 Å². The molecular formula is C26H33ClFN3O5. The molecule has 36 heavy (non-hydrogen) atoms. The first-order chi connectivity index (χ1) is 17.2. The number of aliphatic carboxylic acids is 1. The molecule has 8 nitrogen and oxygen atoms in total. The molecule has 0 bridgehead atoms. The molecule has 4 rings (SSSR count). The molecule has 2 aliphatic heterocycles. The second-order valence-electron chi connectivity index (χ2n) is 9.61. The van der Waals surface area contributed by atoms with Gasteiger partial charge in [-0.2, -0.15) is 0 Å². The Labute approximate surface area is 215 Å². The third-order valence-corrected chi connectivity index (χ3v) is 7.65. The summed E-state index contributed by atoms with van der Waals surface area (Å²) in [5, 5.41) is 9.93. The number of piperidine rings is 1. The lowest BCUT2D eigenvalue weighted by atomic mass is 9.96. The minimum atomic E-state index is -0.916. The molecule has 0 aliphatic carbocycles. The molecule has 2 fully saturated rings. The molecule has 2 aromatic rings. The molecule has 0 amide bonds. The Morgan fingerprint density at radius 2 is 1.97 bits per heavy atom. The van der Waals surface area contributed by atoms with Crippen LogP contribution in [0.25, 0.3) is 0 Å². The first kappa shape index (κ1) is 26.3. The van der Waals surface area contributed by atoms with Gasteiger partial charge in [-0.1, -0.05) is 25.4 Å². The highest BCUT2D eigenvalue weighted by molar-refractivity contribution is 6.33. The largest absolute Gasteiger partial charge is 0.490 e. The van der Waals surface area contributed by atoms with Gasteiger partial charge in [0.05, 0.1) is 42.2 Å². The molecular weight excluding hydrogens is 489 g/mol. The van der Waals surface area contributed by atoms with Gasteiger partial charge in [-0.05, 0) is 12.1 Å². The molecule has 5 atom stereocenters. The number of halogens is 2. The van der Waals surface area contributed by atoms with Crippen LogP contribution in [0.3, 0.4) is 0 Å². The van der Waals surface area contributed by atoms with Crippen LogP contribution in [0, 0.1) is 17.7 Å². The first-order valence-corrected chi connectivity index (χ1v) is 12.5. The van der Waals surface area contributed by atoms with E-state index in [0.717, 1.165) is 25.2 Å². The van der Waals surface area contributed by atoms with Gasteiger partial charge < -0.3 is 29.1 Å². The lowest BCUT2D eigenvalue weighted by molar-refractivity contribution is -0.137. The zero-order valence-electron chi connectivity index (χ0n) is 21.0. The van der Waals surface area contributed by atoms with Crippen molar-refractivity contribution >= 4 is 28.9 Å². The highest BCUT2D eigenvalue weighted by atomic mass is 35.5. The fraction of sp³-hybridized carbons (Fsp3) is 0.538. The van der Waals surface area contributed by atoms with Crippen LogP contribution in [-0.2, 0) is 9.53 Å². The van der Waals surface area contributed by atoms with Crippen LogP contribution in [-0.4, -0.2) is 68.2 Å². The van der Waals surface area contributed by atoms with Gasteiger partial charge in [0.1, 0.15) is 17.7 Å². The molecule has 196 valence electrons. The molecule has 2 aliphatic rings. The minimum Gasteiger partial charge on any atom is -0.490 e. The number of hydrogen-bond donors (Lipinski definition) is 1. The lowest BCUT2D eigenvalue weighted by Gasteiger charge is -2.38. The Bertz CT molecular complexity index is 1090. The number of aromatic nitrogens is 1. The van der Waals surface area contributed by atoms with Crippen molar-refractivity contribution in [1.82, 2.24) is 4.98 Å². The Morgan fingerprint density at radius 1 is 1.19 bits per heavy atom. The molecule has 10 heteroatoms. The van der Waals surface area contributed by atoms with Crippen LogP contribution < -0.4 is 19.3 Å². The Kier molecular flexibility index (Phi) is 8.10. The number of rotatable bonds is 8. The number of methoxy groups -OCH3 is 2. The summed E-state index contributed by atoms with van der Waals surface area (Å²) in [5.74, 6) is -0.269. The Balaban J connectivity index is 1.44. The fourth-order valence-electron chi connectivity index (χ4n) is 5.32. The van der Waals surface area contributed by atoms with Crippen LogP contribution in [0.2, 0.25) is 5.02 Å². The molecule has 3 heterocycles. The third-order valence-electron chi connectivity index (χ3n) is 7.36. The zero-order chi connectivity index (χ0) is 26.0. The molecule has 1 aromatic heterocycles. The average Bonchev–Trinajstić information content (AvgIpc) is 3.15. The van der Waals surface area contributed by atoms with Gasteiger partial charge in [-0.25, -0.2) is 9.37 Å². The molecule has 1 aromatic carbocycles. The summed E-state index contributed by atoms with van der Waals surface area (Å²) in [5.41, 5.74) is 1.23. The van der Waals surface area contributed by atoms with E-state index in [1.165, 1.54) is 6.07 Å². The average molecular weight is 522 g/mol. The molecule has 0 saturated carbocycles.